The van der Waals surface area contributed by atoms with Crippen molar-refractivity contribution >= 4 is 10.8 Å². The molecule has 0 fully saturated rings. The Hall–Kier alpha value is -1.45. The van der Waals surface area contributed by atoms with Gasteiger partial charge in [0.15, 0.2) is 0 Å². The van der Waals surface area contributed by atoms with E-state index in [4.69, 9.17) is 10.5 Å². The number of benzene rings is 1. The molecule has 3 nitrogen and oxygen atoms in total. The maximum Gasteiger partial charge on any atom is 0.0763 e. The van der Waals surface area contributed by atoms with Gasteiger partial charge in [0.1, 0.15) is 0 Å². The summed E-state index contributed by atoms with van der Waals surface area (Å²) >= 11 is 0. The fourth-order valence-corrected chi connectivity index (χ4v) is 2.37. The minimum absolute atomic E-state index is 0.0637. The number of pyridine rings is 1. The minimum atomic E-state index is -0.0963. The zero-order chi connectivity index (χ0) is 13.0. The summed E-state index contributed by atoms with van der Waals surface area (Å²) in [5.41, 5.74) is 7.49. The third-order valence-corrected chi connectivity index (χ3v) is 3.35. The van der Waals surface area contributed by atoms with Gasteiger partial charge in [0.2, 0.25) is 0 Å². The van der Waals surface area contributed by atoms with Gasteiger partial charge in [-0.15, -0.1) is 0 Å². The molecule has 0 aliphatic carbocycles. The zero-order valence-corrected chi connectivity index (χ0v) is 11.0. The molecular formula is C15H20N2O. The predicted molar refractivity (Wildman–Crippen MR) is 74.4 cm³/mol. The van der Waals surface area contributed by atoms with Crippen molar-refractivity contribution in [2.24, 2.45) is 5.73 Å². The van der Waals surface area contributed by atoms with Crippen LogP contribution in [0.15, 0.2) is 36.7 Å². The lowest BCUT2D eigenvalue weighted by molar-refractivity contribution is 0.0729. The number of methoxy groups -OCH3 is 1. The Morgan fingerprint density at radius 2 is 2.17 bits per heavy atom. The molecule has 0 saturated carbocycles. The molecule has 1 aromatic carbocycles. The number of fused-ring (bicyclic) bond motifs is 1. The van der Waals surface area contributed by atoms with Gasteiger partial charge in [-0.1, -0.05) is 31.5 Å². The highest BCUT2D eigenvalue weighted by atomic mass is 16.5. The molecule has 2 N–H and O–H groups in total. The molecule has 96 valence electrons. The number of hydrogen-bond acceptors (Lipinski definition) is 3. The van der Waals surface area contributed by atoms with Crippen molar-refractivity contribution in [1.82, 2.24) is 4.98 Å². The molecular weight excluding hydrogens is 224 g/mol. The van der Waals surface area contributed by atoms with Crippen molar-refractivity contribution in [2.45, 2.75) is 31.9 Å². The summed E-state index contributed by atoms with van der Waals surface area (Å²) in [4.78, 5) is 4.14. The van der Waals surface area contributed by atoms with Crippen LogP contribution in [0.5, 0.6) is 0 Å². The molecule has 18 heavy (non-hydrogen) atoms. The van der Waals surface area contributed by atoms with Crippen molar-refractivity contribution in [1.29, 1.82) is 0 Å². The topological polar surface area (TPSA) is 48.1 Å². The molecule has 0 saturated heterocycles. The van der Waals surface area contributed by atoms with Crippen LogP contribution in [0.2, 0.25) is 0 Å². The largest absolute Gasteiger partial charge is 0.379 e. The fourth-order valence-electron chi connectivity index (χ4n) is 2.37. The van der Waals surface area contributed by atoms with Gasteiger partial charge in [0.25, 0.3) is 0 Å². The SMILES string of the molecule is CCCC(OC)C(N)c1cccc2cnccc12. The minimum Gasteiger partial charge on any atom is -0.379 e. The van der Waals surface area contributed by atoms with Crippen LogP contribution in [0.25, 0.3) is 10.8 Å². The summed E-state index contributed by atoms with van der Waals surface area (Å²) in [6, 6.07) is 8.08. The third-order valence-electron chi connectivity index (χ3n) is 3.35. The molecule has 0 aliphatic rings. The van der Waals surface area contributed by atoms with Crippen LogP contribution in [-0.4, -0.2) is 18.2 Å². The Labute approximate surface area is 108 Å². The van der Waals surface area contributed by atoms with Crippen LogP contribution in [0.3, 0.4) is 0 Å². The quantitative estimate of drug-likeness (QED) is 0.879. The third kappa shape index (κ3) is 2.52. The van der Waals surface area contributed by atoms with Crippen LogP contribution in [0.1, 0.15) is 31.4 Å². The molecule has 2 unspecified atom stereocenters. The summed E-state index contributed by atoms with van der Waals surface area (Å²) in [5, 5.41) is 2.29. The standard InChI is InChI=1S/C15H20N2O/c1-3-5-14(18-2)15(16)13-7-4-6-11-10-17-9-8-12(11)13/h4,6-10,14-15H,3,5,16H2,1-2H3. The van der Waals surface area contributed by atoms with E-state index in [0.29, 0.717) is 0 Å². The Morgan fingerprint density at radius 3 is 2.89 bits per heavy atom. The number of rotatable bonds is 5. The van der Waals surface area contributed by atoms with Crippen molar-refractivity contribution in [3.63, 3.8) is 0 Å². The Bertz CT molecular complexity index is 507. The molecule has 0 amide bonds. The first kappa shape index (κ1) is 13.0. The second-order valence-corrected chi connectivity index (χ2v) is 4.53. The van der Waals surface area contributed by atoms with Gasteiger partial charge in [0, 0.05) is 24.9 Å². The predicted octanol–water partition coefficient (Wildman–Crippen LogP) is 3.05. The molecule has 0 aliphatic heterocycles. The average molecular weight is 244 g/mol. The average Bonchev–Trinajstić information content (AvgIpc) is 2.43. The first-order chi connectivity index (χ1) is 8.77. The zero-order valence-electron chi connectivity index (χ0n) is 11.0. The highest BCUT2D eigenvalue weighted by Gasteiger charge is 2.19. The van der Waals surface area contributed by atoms with E-state index in [2.05, 4.69) is 24.0 Å². The van der Waals surface area contributed by atoms with E-state index in [9.17, 15) is 0 Å². The number of hydrogen-bond donors (Lipinski definition) is 1. The van der Waals surface area contributed by atoms with Gasteiger partial charge >= 0.3 is 0 Å². The Balaban J connectivity index is 2.40. The van der Waals surface area contributed by atoms with Crippen LogP contribution in [0, 0.1) is 0 Å². The molecule has 0 radical (unpaired) electrons. The van der Waals surface area contributed by atoms with Gasteiger partial charge in [-0.3, -0.25) is 4.98 Å². The maximum atomic E-state index is 6.36. The Morgan fingerprint density at radius 1 is 1.33 bits per heavy atom. The summed E-state index contributed by atoms with van der Waals surface area (Å²) in [6.45, 7) is 2.14. The first-order valence-corrected chi connectivity index (χ1v) is 6.39. The van der Waals surface area contributed by atoms with Crippen molar-refractivity contribution in [3.05, 3.63) is 42.2 Å². The molecule has 3 heteroatoms. The first-order valence-electron chi connectivity index (χ1n) is 6.39. The van der Waals surface area contributed by atoms with Gasteiger partial charge < -0.3 is 10.5 Å². The van der Waals surface area contributed by atoms with E-state index in [-0.39, 0.29) is 12.1 Å². The van der Waals surface area contributed by atoms with Crippen molar-refractivity contribution in [2.75, 3.05) is 7.11 Å². The van der Waals surface area contributed by atoms with Gasteiger partial charge in [-0.25, -0.2) is 0 Å². The fraction of sp³-hybridized carbons (Fsp3) is 0.400. The summed E-state index contributed by atoms with van der Waals surface area (Å²) in [5.74, 6) is 0. The maximum absolute atomic E-state index is 6.36. The molecule has 2 aromatic rings. The van der Waals surface area contributed by atoms with Gasteiger partial charge in [0.05, 0.1) is 12.1 Å². The number of aromatic nitrogens is 1. The lowest BCUT2D eigenvalue weighted by atomic mass is 9.95. The van der Waals surface area contributed by atoms with E-state index in [1.165, 1.54) is 0 Å². The number of nitrogens with two attached hydrogens (primary N) is 1. The van der Waals surface area contributed by atoms with Crippen LogP contribution in [-0.2, 0) is 4.74 Å². The van der Waals surface area contributed by atoms with E-state index >= 15 is 0 Å². The molecule has 2 atom stereocenters. The van der Waals surface area contributed by atoms with Gasteiger partial charge in [-0.05, 0) is 23.4 Å². The molecule has 0 spiro atoms. The highest BCUT2D eigenvalue weighted by molar-refractivity contribution is 5.85. The molecule has 0 bridgehead atoms. The van der Waals surface area contributed by atoms with E-state index in [1.807, 2.05) is 18.3 Å². The lowest BCUT2D eigenvalue weighted by Gasteiger charge is -2.23. The van der Waals surface area contributed by atoms with E-state index in [0.717, 1.165) is 29.2 Å². The summed E-state index contributed by atoms with van der Waals surface area (Å²) in [6.07, 6.45) is 5.78. The second-order valence-electron chi connectivity index (χ2n) is 4.53. The van der Waals surface area contributed by atoms with Crippen LogP contribution < -0.4 is 5.73 Å². The molecule has 2 rings (SSSR count). The van der Waals surface area contributed by atoms with Crippen LogP contribution in [0.4, 0.5) is 0 Å². The van der Waals surface area contributed by atoms with Crippen molar-refractivity contribution < 1.29 is 4.74 Å². The molecule has 1 heterocycles. The monoisotopic (exact) mass is 244 g/mol. The summed E-state index contributed by atoms with van der Waals surface area (Å²) in [7, 11) is 1.73. The highest BCUT2D eigenvalue weighted by Crippen LogP contribution is 2.26. The second kappa shape index (κ2) is 5.94. The van der Waals surface area contributed by atoms with Gasteiger partial charge in [-0.2, -0.15) is 0 Å². The van der Waals surface area contributed by atoms with E-state index in [1.54, 1.807) is 13.3 Å². The van der Waals surface area contributed by atoms with Crippen molar-refractivity contribution in [3.8, 4) is 0 Å². The number of ether oxygens (including phenoxy) is 1. The smallest absolute Gasteiger partial charge is 0.0763 e. The molecule has 1 aromatic heterocycles. The number of nitrogens with zero attached hydrogens (tertiary/aromatic N) is 1. The lowest BCUT2D eigenvalue weighted by Crippen LogP contribution is -2.28. The summed E-state index contributed by atoms with van der Waals surface area (Å²) < 4.78 is 5.52. The Kier molecular flexibility index (Phi) is 4.28. The van der Waals surface area contributed by atoms with E-state index < -0.39 is 0 Å². The van der Waals surface area contributed by atoms with Crippen LogP contribution >= 0.6 is 0 Å². The normalized spacial score (nSPS) is 14.6.